The normalized spacial score (nSPS) is 13.5. The van der Waals surface area contributed by atoms with Crippen molar-refractivity contribution in [2.75, 3.05) is 19.5 Å². The van der Waals surface area contributed by atoms with Gasteiger partial charge in [0, 0.05) is 16.7 Å². The van der Waals surface area contributed by atoms with E-state index in [0.717, 1.165) is 4.90 Å². The van der Waals surface area contributed by atoms with Crippen LogP contribution in [0, 0.1) is 5.82 Å². The first kappa shape index (κ1) is 22.4. The first-order valence-corrected chi connectivity index (χ1v) is 10.4. The second-order valence-electron chi connectivity index (χ2n) is 7.24. The number of nitrogens with zero attached hydrogens (tertiary/aromatic N) is 1. The summed E-state index contributed by atoms with van der Waals surface area (Å²) in [6, 6.07) is 17.6. The predicted octanol–water partition coefficient (Wildman–Crippen LogP) is 4.89. The number of methoxy groups -OCH3 is 2. The number of carbonyl (C=O) groups excluding carboxylic acids is 2. The summed E-state index contributed by atoms with van der Waals surface area (Å²) in [6.45, 7) is -0.202. The molecule has 0 spiro atoms. The zero-order valence-corrected chi connectivity index (χ0v) is 18.7. The van der Waals surface area contributed by atoms with E-state index >= 15 is 0 Å². The number of benzene rings is 3. The number of imide groups is 1. The van der Waals surface area contributed by atoms with Gasteiger partial charge >= 0.3 is 0 Å². The van der Waals surface area contributed by atoms with Crippen LogP contribution in [-0.4, -0.2) is 30.9 Å². The molecule has 6 nitrogen and oxygen atoms in total. The average Bonchev–Trinajstić information content (AvgIpc) is 3.05. The van der Waals surface area contributed by atoms with Crippen LogP contribution in [0.15, 0.2) is 72.4 Å². The number of hydrogen-bond donors (Lipinski definition) is 1. The van der Waals surface area contributed by atoms with E-state index in [-0.39, 0.29) is 23.4 Å². The van der Waals surface area contributed by atoms with Crippen molar-refractivity contribution in [3.8, 4) is 11.5 Å². The molecule has 3 aromatic carbocycles. The van der Waals surface area contributed by atoms with E-state index in [9.17, 15) is 14.0 Å². The first-order chi connectivity index (χ1) is 15.9. The third-order valence-corrected chi connectivity index (χ3v) is 5.51. The molecule has 0 aromatic heterocycles. The highest BCUT2D eigenvalue weighted by molar-refractivity contribution is 6.36. The minimum atomic E-state index is -0.578. The highest BCUT2D eigenvalue weighted by atomic mass is 35.5. The van der Waals surface area contributed by atoms with Crippen molar-refractivity contribution in [2.45, 2.75) is 6.54 Å². The molecule has 2 amide bonds. The Bertz CT molecular complexity index is 1260. The molecular weight excluding hydrogens is 447 g/mol. The molecule has 0 atom stereocenters. The highest BCUT2D eigenvalue weighted by Gasteiger charge is 2.39. The number of hydrogen-bond acceptors (Lipinski definition) is 5. The summed E-state index contributed by atoms with van der Waals surface area (Å²) in [4.78, 5) is 27.8. The number of anilines is 1. The standard InChI is InChI=1S/C25H20ClFN2O4/c1-32-18-11-12-20(21(13-18)33-2)28-23-22(15-7-9-17(26)10-8-15)24(30)29(25(23)31)14-16-5-3-4-6-19(16)27/h3-13,28H,14H2,1-2H3. The van der Waals surface area contributed by atoms with E-state index in [2.05, 4.69) is 5.32 Å². The van der Waals surface area contributed by atoms with E-state index < -0.39 is 17.6 Å². The zero-order chi connectivity index (χ0) is 23.5. The monoisotopic (exact) mass is 466 g/mol. The largest absolute Gasteiger partial charge is 0.497 e. The average molecular weight is 467 g/mol. The lowest BCUT2D eigenvalue weighted by molar-refractivity contribution is -0.137. The molecule has 0 fully saturated rings. The van der Waals surface area contributed by atoms with Crippen LogP contribution in [0.25, 0.3) is 5.57 Å². The van der Waals surface area contributed by atoms with Gasteiger partial charge in [-0.1, -0.05) is 41.9 Å². The Hall–Kier alpha value is -3.84. The Morgan fingerprint density at radius 1 is 0.939 bits per heavy atom. The molecule has 1 heterocycles. The number of halogens is 2. The summed E-state index contributed by atoms with van der Waals surface area (Å²) >= 11 is 6.01. The summed E-state index contributed by atoms with van der Waals surface area (Å²) in [5.41, 5.74) is 1.42. The molecule has 0 aliphatic carbocycles. The van der Waals surface area contributed by atoms with Crippen molar-refractivity contribution in [1.82, 2.24) is 4.90 Å². The van der Waals surface area contributed by atoms with Crippen molar-refractivity contribution in [3.05, 3.63) is 94.4 Å². The Balaban J connectivity index is 1.77. The molecule has 0 saturated heterocycles. The Morgan fingerprint density at radius 2 is 1.67 bits per heavy atom. The molecule has 33 heavy (non-hydrogen) atoms. The summed E-state index contributed by atoms with van der Waals surface area (Å²) in [7, 11) is 3.02. The molecule has 0 bridgehead atoms. The van der Waals surface area contributed by atoms with Crippen LogP contribution in [0.5, 0.6) is 11.5 Å². The van der Waals surface area contributed by atoms with E-state index in [1.54, 1.807) is 54.6 Å². The van der Waals surface area contributed by atoms with Gasteiger partial charge < -0.3 is 14.8 Å². The third-order valence-electron chi connectivity index (χ3n) is 5.26. The van der Waals surface area contributed by atoms with E-state index in [1.165, 1.54) is 26.4 Å². The lowest BCUT2D eigenvalue weighted by Crippen LogP contribution is -2.32. The minimum absolute atomic E-state index is 0.0575. The molecule has 1 N–H and O–H groups in total. The van der Waals surface area contributed by atoms with Crippen molar-refractivity contribution in [3.63, 3.8) is 0 Å². The Labute approximate surface area is 195 Å². The topological polar surface area (TPSA) is 67.9 Å². The maximum atomic E-state index is 14.3. The fourth-order valence-electron chi connectivity index (χ4n) is 3.55. The molecule has 0 saturated carbocycles. The predicted molar refractivity (Wildman–Crippen MR) is 123 cm³/mol. The summed E-state index contributed by atoms with van der Waals surface area (Å²) in [6.07, 6.45) is 0. The fourth-order valence-corrected chi connectivity index (χ4v) is 3.68. The molecule has 1 aliphatic heterocycles. The van der Waals surface area contributed by atoms with E-state index in [4.69, 9.17) is 21.1 Å². The first-order valence-electron chi connectivity index (χ1n) is 10.0. The smallest absolute Gasteiger partial charge is 0.278 e. The van der Waals surface area contributed by atoms with Gasteiger partial charge in [-0.15, -0.1) is 0 Å². The van der Waals surface area contributed by atoms with Gasteiger partial charge in [-0.3, -0.25) is 14.5 Å². The van der Waals surface area contributed by atoms with E-state index in [1.807, 2.05) is 0 Å². The van der Waals surface area contributed by atoms with Gasteiger partial charge in [0.1, 0.15) is 23.0 Å². The molecule has 8 heteroatoms. The van der Waals surface area contributed by atoms with Gasteiger partial charge in [0.25, 0.3) is 11.8 Å². The third kappa shape index (κ3) is 4.40. The molecule has 0 unspecified atom stereocenters. The highest BCUT2D eigenvalue weighted by Crippen LogP contribution is 2.36. The molecule has 3 aromatic rings. The van der Waals surface area contributed by atoms with Crippen LogP contribution in [0.1, 0.15) is 11.1 Å². The molecule has 0 radical (unpaired) electrons. The fraction of sp³-hybridized carbons (Fsp3) is 0.120. The van der Waals surface area contributed by atoms with Crippen molar-refractivity contribution < 1.29 is 23.5 Å². The van der Waals surface area contributed by atoms with Gasteiger partial charge in [-0.2, -0.15) is 0 Å². The van der Waals surface area contributed by atoms with Crippen LogP contribution in [0.2, 0.25) is 5.02 Å². The summed E-state index contributed by atoms with van der Waals surface area (Å²) in [5, 5.41) is 3.54. The second kappa shape index (κ2) is 9.34. The maximum Gasteiger partial charge on any atom is 0.278 e. The zero-order valence-electron chi connectivity index (χ0n) is 17.9. The Kier molecular flexibility index (Phi) is 6.33. The SMILES string of the molecule is COc1ccc(NC2=C(c3ccc(Cl)cc3)C(=O)N(Cc3ccccc3F)C2=O)c(OC)c1. The summed E-state index contributed by atoms with van der Waals surface area (Å²) in [5.74, 6) is -0.625. The number of rotatable bonds is 7. The van der Waals surface area contributed by atoms with Crippen molar-refractivity contribution in [2.24, 2.45) is 0 Å². The number of ether oxygens (including phenoxy) is 2. The number of nitrogens with one attached hydrogen (secondary N) is 1. The van der Waals surface area contributed by atoms with Crippen LogP contribution >= 0.6 is 11.6 Å². The van der Waals surface area contributed by atoms with Crippen LogP contribution < -0.4 is 14.8 Å². The molecule has 168 valence electrons. The molecular formula is C25H20ClFN2O4. The van der Waals surface area contributed by atoms with Crippen LogP contribution in [-0.2, 0) is 16.1 Å². The van der Waals surface area contributed by atoms with Gasteiger partial charge in [0.05, 0.1) is 32.0 Å². The van der Waals surface area contributed by atoms with Crippen molar-refractivity contribution in [1.29, 1.82) is 0 Å². The number of carbonyl (C=O) groups is 2. The Morgan fingerprint density at radius 3 is 2.33 bits per heavy atom. The van der Waals surface area contributed by atoms with E-state index in [0.29, 0.717) is 27.8 Å². The van der Waals surface area contributed by atoms with Crippen LogP contribution in [0.4, 0.5) is 10.1 Å². The minimum Gasteiger partial charge on any atom is -0.497 e. The molecule has 1 aliphatic rings. The quantitative estimate of drug-likeness (QED) is 0.502. The lowest BCUT2D eigenvalue weighted by Gasteiger charge is -2.16. The van der Waals surface area contributed by atoms with Gasteiger partial charge in [0.15, 0.2) is 0 Å². The lowest BCUT2D eigenvalue weighted by atomic mass is 10.0. The summed E-state index contributed by atoms with van der Waals surface area (Å²) < 4.78 is 24.9. The van der Waals surface area contributed by atoms with Crippen LogP contribution in [0.3, 0.4) is 0 Å². The second-order valence-corrected chi connectivity index (χ2v) is 7.67. The maximum absolute atomic E-state index is 14.3. The van der Waals surface area contributed by atoms with Gasteiger partial charge in [-0.25, -0.2) is 4.39 Å². The number of amides is 2. The van der Waals surface area contributed by atoms with Gasteiger partial charge in [-0.05, 0) is 35.9 Å². The van der Waals surface area contributed by atoms with Crippen molar-refractivity contribution >= 4 is 34.7 Å². The van der Waals surface area contributed by atoms with Gasteiger partial charge in [0.2, 0.25) is 0 Å². The molecule has 4 rings (SSSR count).